The van der Waals surface area contributed by atoms with Gasteiger partial charge in [0.1, 0.15) is 11.3 Å². The molecule has 4 aromatic rings. The van der Waals surface area contributed by atoms with Crippen LogP contribution in [-0.2, 0) is 11.3 Å². The fraction of sp³-hybridized carbons (Fsp3) is 0.167. The van der Waals surface area contributed by atoms with Crippen LogP contribution in [0.25, 0.3) is 21.7 Å². The number of ether oxygens (including phenoxy) is 1. The minimum Gasteiger partial charge on any atom is -0.472 e. The van der Waals surface area contributed by atoms with Crippen LogP contribution in [0.5, 0.6) is 5.75 Å². The molecule has 2 heterocycles. The van der Waals surface area contributed by atoms with E-state index in [-0.39, 0.29) is 11.5 Å². The fourth-order valence-electron chi connectivity index (χ4n) is 4.06. The SMILES string of the molecule is CC(=O)Nc1ccc(N2COc3c(cc4c(oc(=O)c5ccccc54)c3C)C2)cc1. The quantitative estimate of drug-likeness (QED) is 0.394. The van der Waals surface area contributed by atoms with Gasteiger partial charge in [0, 0.05) is 41.4 Å². The molecule has 1 N–H and O–H groups in total. The van der Waals surface area contributed by atoms with Crippen LogP contribution in [0.4, 0.5) is 11.4 Å². The van der Waals surface area contributed by atoms with E-state index >= 15 is 0 Å². The van der Waals surface area contributed by atoms with Crippen molar-refractivity contribution in [2.45, 2.75) is 20.4 Å². The number of rotatable bonds is 2. The number of amides is 1. The Labute approximate surface area is 172 Å². The second-order valence-electron chi connectivity index (χ2n) is 7.50. The van der Waals surface area contributed by atoms with Gasteiger partial charge in [0.15, 0.2) is 6.73 Å². The predicted molar refractivity (Wildman–Crippen MR) is 117 cm³/mol. The lowest BCUT2D eigenvalue weighted by Gasteiger charge is -2.32. The van der Waals surface area contributed by atoms with Gasteiger partial charge >= 0.3 is 5.63 Å². The van der Waals surface area contributed by atoms with E-state index in [1.807, 2.05) is 49.4 Å². The molecule has 0 spiro atoms. The maximum Gasteiger partial charge on any atom is 0.344 e. The molecular formula is C24H20N2O4. The number of hydrogen-bond acceptors (Lipinski definition) is 5. The number of nitrogens with zero attached hydrogens (tertiary/aromatic N) is 1. The smallest absolute Gasteiger partial charge is 0.344 e. The zero-order chi connectivity index (χ0) is 20.8. The molecule has 5 rings (SSSR count). The number of nitrogens with one attached hydrogen (secondary N) is 1. The highest BCUT2D eigenvalue weighted by Gasteiger charge is 2.23. The lowest BCUT2D eigenvalue weighted by Crippen LogP contribution is -2.32. The molecule has 0 radical (unpaired) electrons. The molecule has 0 atom stereocenters. The first-order valence-electron chi connectivity index (χ1n) is 9.74. The van der Waals surface area contributed by atoms with Gasteiger partial charge in [0.25, 0.3) is 0 Å². The van der Waals surface area contributed by atoms with Crippen LogP contribution in [0.15, 0.2) is 63.8 Å². The molecular weight excluding hydrogens is 380 g/mol. The third-order valence-electron chi connectivity index (χ3n) is 5.45. The Hall–Kier alpha value is -3.80. The zero-order valence-electron chi connectivity index (χ0n) is 16.7. The standard InChI is InChI=1S/C24H20N2O4/c1-14-22-16(11-21-19-5-3-4-6-20(19)24(28)30-23(14)21)12-26(13-29-22)18-9-7-17(8-10-18)25-15(2)27/h3-11H,12-13H2,1-2H3,(H,25,27). The van der Waals surface area contributed by atoms with Crippen molar-refractivity contribution in [2.24, 2.45) is 0 Å². The van der Waals surface area contributed by atoms with E-state index in [4.69, 9.17) is 9.15 Å². The van der Waals surface area contributed by atoms with E-state index in [2.05, 4.69) is 16.3 Å². The van der Waals surface area contributed by atoms with E-state index in [0.717, 1.165) is 39.0 Å². The van der Waals surface area contributed by atoms with E-state index in [1.165, 1.54) is 6.92 Å². The van der Waals surface area contributed by atoms with Crippen LogP contribution in [0.1, 0.15) is 18.1 Å². The van der Waals surface area contributed by atoms with E-state index in [0.29, 0.717) is 24.2 Å². The Morgan fingerprint density at radius 2 is 1.77 bits per heavy atom. The molecule has 0 unspecified atom stereocenters. The number of carbonyl (C=O) groups excluding carboxylic acids is 1. The average Bonchev–Trinajstić information content (AvgIpc) is 2.75. The third-order valence-corrected chi connectivity index (χ3v) is 5.45. The average molecular weight is 400 g/mol. The molecule has 6 heteroatoms. The largest absolute Gasteiger partial charge is 0.472 e. The van der Waals surface area contributed by atoms with Gasteiger partial charge in [0.05, 0.1) is 5.39 Å². The van der Waals surface area contributed by atoms with Crippen LogP contribution in [0.3, 0.4) is 0 Å². The first-order chi connectivity index (χ1) is 14.5. The van der Waals surface area contributed by atoms with E-state index in [9.17, 15) is 9.59 Å². The molecule has 6 nitrogen and oxygen atoms in total. The molecule has 150 valence electrons. The first-order valence-corrected chi connectivity index (χ1v) is 9.74. The highest BCUT2D eigenvalue weighted by Crippen LogP contribution is 2.38. The fourth-order valence-corrected chi connectivity index (χ4v) is 4.06. The summed E-state index contributed by atoms with van der Waals surface area (Å²) >= 11 is 0. The first kappa shape index (κ1) is 18.2. The number of fused-ring (bicyclic) bond motifs is 4. The lowest BCUT2D eigenvalue weighted by molar-refractivity contribution is -0.114. The summed E-state index contributed by atoms with van der Waals surface area (Å²) in [6.07, 6.45) is 0. The normalized spacial score (nSPS) is 13.2. The molecule has 0 aliphatic carbocycles. The van der Waals surface area contributed by atoms with Crippen molar-refractivity contribution in [1.29, 1.82) is 0 Å². The number of benzene rings is 3. The molecule has 0 saturated heterocycles. The maximum atomic E-state index is 12.4. The molecule has 0 fully saturated rings. The third kappa shape index (κ3) is 2.97. The van der Waals surface area contributed by atoms with Gasteiger partial charge in [-0.15, -0.1) is 0 Å². The topological polar surface area (TPSA) is 71.8 Å². The van der Waals surface area contributed by atoms with Crippen molar-refractivity contribution < 1.29 is 13.9 Å². The Balaban J connectivity index is 1.57. The molecule has 3 aromatic carbocycles. The second-order valence-corrected chi connectivity index (χ2v) is 7.50. The molecule has 1 aliphatic rings. The van der Waals surface area contributed by atoms with Crippen LogP contribution in [0.2, 0.25) is 0 Å². The van der Waals surface area contributed by atoms with Gasteiger partial charge in [-0.25, -0.2) is 4.79 Å². The van der Waals surface area contributed by atoms with Gasteiger partial charge < -0.3 is 19.4 Å². The molecule has 1 aliphatic heterocycles. The predicted octanol–water partition coefficient (Wildman–Crippen LogP) is 4.57. The Kier molecular flexibility index (Phi) is 4.20. The van der Waals surface area contributed by atoms with Crippen molar-refractivity contribution in [1.82, 2.24) is 0 Å². The summed E-state index contributed by atoms with van der Waals surface area (Å²) in [7, 11) is 0. The van der Waals surface area contributed by atoms with Crippen LogP contribution in [-0.4, -0.2) is 12.6 Å². The molecule has 0 bridgehead atoms. The van der Waals surface area contributed by atoms with Crippen molar-refractivity contribution in [2.75, 3.05) is 16.9 Å². The summed E-state index contributed by atoms with van der Waals surface area (Å²) in [6, 6.07) is 17.2. The number of hydrogen-bond donors (Lipinski definition) is 1. The monoisotopic (exact) mass is 400 g/mol. The van der Waals surface area contributed by atoms with E-state index < -0.39 is 0 Å². The Morgan fingerprint density at radius 1 is 1.03 bits per heavy atom. The van der Waals surface area contributed by atoms with Gasteiger partial charge in [-0.2, -0.15) is 0 Å². The minimum absolute atomic E-state index is 0.0980. The number of aryl methyl sites for hydroxylation is 1. The minimum atomic E-state index is -0.335. The van der Waals surface area contributed by atoms with Crippen molar-refractivity contribution in [3.05, 3.63) is 76.1 Å². The molecule has 1 aromatic heterocycles. The maximum absolute atomic E-state index is 12.4. The number of anilines is 2. The van der Waals surface area contributed by atoms with Gasteiger partial charge in [-0.3, -0.25) is 4.79 Å². The van der Waals surface area contributed by atoms with Crippen molar-refractivity contribution >= 4 is 39.0 Å². The van der Waals surface area contributed by atoms with Gasteiger partial charge in [-0.05, 0) is 48.7 Å². The highest BCUT2D eigenvalue weighted by atomic mass is 16.5. The summed E-state index contributed by atoms with van der Waals surface area (Å²) in [5.41, 5.74) is 3.87. The lowest BCUT2D eigenvalue weighted by atomic mass is 10.00. The molecule has 0 saturated carbocycles. The van der Waals surface area contributed by atoms with Crippen LogP contribution < -0.4 is 20.6 Å². The summed E-state index contributed by atoms with van der Waals surface area (Å²) < 4.78 is 11.7. The van der Waals surface area contributed by atoms with E-state index in [1.54, 1.807) is 6.07 Å². The van der Waals surface area contributed by atoms with Gasteiger partial charge in [-0.1, -0.05) is 18.2 Å². The summed E-state index contributed by atoms with van der Waals surface area (Å²) in [4.78, 5) is 25.7. The summed E-state index contributed by atoms with van der Waals surface area (Å²) in [5.74, 6) is 0.672. The van der Waals surface area contributed by atoms with Crippen molar-refractivity contribution in [3.63, 3.8) is 0 Å². The van der Waals surface area contributed by atoms with Gasteiger partial charge in [0.2, 0.25) is 5.91 Å². The Bertz CT molecular complexity index is 1360. The van der Waals surface area contributed by atoms with Crippen LogP contribution >= 0.6 is 0 Å². The number of carbonyl (C=O) groups is 1. The summed E-state index contributed by atoms with van der Waals surface area (Å²) in [6.45, 7) is 4.47. The summed E-state index contributed by atoms with van der Waals surface area (Å²) in [5, 5.41) is 5.14. The Morgan fingerprint density at radius 3 is 2.50 bits per heavy atom. The highest BCUT2D eigenvalue weighted by molar-refractivity contribution is 6.06. The zero-order valence-corrected chi connectivity index (χ0v) is 16.7. The second kappa shape index (κ2) is 6.91. The molecule has 30 heavy (non-hydrogen) atoms. The van der Waals surface area contributed by atoms with Crippen molar-refractivity contribution in [3.8, 4) is 5.75 Å². The van der Waals surface area contributed by atoms with Crippen LogP contribution in [0, 0.1) is 6.92 Å². The molecule has 1 amide bonds.